The number of para-hydroxylation sites is 2. The van der Waals surface area contributed by atoms with E-state index in [0.717, 1.165) is 32.4 Å². The van der Waals surface area contributed by atoms with Gasteiger partial charge < -0.3 is 15.3 Å². The number of phenols is 1. The molecule has 2 N–H and O–H groups in total. The van der Waals surface area contributed by atoms with E-state index >= 15 is 0 Å². The van der Waals surface area contributed by atoms with Crippen molar-refractivity contribution in [2.45, 2.75) is 25.7 Å². The Balaban J connectivity index is 1.73. The van der Waals surface area contributed by atoms with E-state index in [1.807, 2.05) is 4.90 Å². The molecule has 0 aliphatic carbocycles. The van der Waals surface area contributed by atoms with Gasteiger partial charge in [-0.2, -0.15) is 0 Å². The van der Waals surface area contributed by atoms with E-state index < -0.39 is 0 Å². The van der Waals surface area contributed by atoms with Crippen molar-refractivity contribution < 1.29 is 14.7 Å². The number of rotatable bonds is 4. The van der Waals surface area contributed by atoms with Gasteiger partial charge in [-0.3, -0.25) is 9.59 Å². The number of amides is 2. The smallest absolute Gasteiger partial charge is 0.255 e. The largest absolute Gasteiger partial charge is 0.508 e. The molecule has 0 saturated carbocycles. The van der Waals surface area contributed by atoms with Crippen molar-refractivity contribution in [3.63, 3.8) is 0 Å². The minimum absolute atomic E-state index is 0.0434. The fraction of sp³-hybridized carbons (Fsp3) is 0.300. The average molecular weight is 338 g/mol. The minimum Gasteiger partial charge on any atom is -0.508 e. The average Bonchev–Trinajstić information content (AvgIpc) is 2.64. The molecule has 1 heterocycles. The van der Waals surface area contributed by atoms with Crippen LogP contribution in [0.3, 0.4) is 0 Å². The molecule has 1 aliphatic rings. The van der Waals surface area contributed by atoms with Gasteiger partial charge in [-0.05, 0) is 37.5 Å². The summed E-state index contributed by atoms with van der Waals surface area (Å²) >= 11 is 0. The van der Waals surface area contributed by atoms with Crippen molar-refractivity contribution in [2.75, 3.05) is 18.4 Å². The highest BCUT2D eigenvalue weighted by Gasteiger charge is 2.21. The Hall–Kier alpha value is -2.82. The minimum atomic E-state index is -0.264. The maximum absolute atomic E-state index is 12.7. The normalized spacial score (nSPS) is 14.2. The molecule has 1 saturated heterocycles. The number of nitrogens with one attached hydrogen (secondary N) is 1. The maximum Gasteiger partial charge on any atom is 0.255 e. The maximum atomic E-state index is 12.7. The zero-order chi connectivity index (χ0) is 17.6. The van der Waals surface area contributed by atoms with Gasteiger partial charge in [0.15, 0.2) is 0 Å². The summed E-state index contributed by atoms with van der Waals surface area (Å²) in [5, 5.41) is 12.6. The molecule has 0 spiro atoms. The highest BCUT2D eigenvalue weighted by atomic mass is 16.3. The van der Waals surface area contributed by atoms with E-state index in [4.69, 9.17) is 0 Å². The van der Waals surface area contributed by atoms with Gasteiger partial charge in [0.25, 0.3) is 5.91 Å². The zero-order valence-electron chi connectivity index (χ0n) is 14.1. The topological polar surface area (TPSA) is 69.6 Å². The predicted octanol–water partition coefficient (Wildman–Crippen LogP) is 3.20. The summed E-state index contributed by atoms with van der Waals surface area (Å²) in [6.07, 6.45) is 3.25. The second-order valence-electron chi connectivity index (χ2n) is 6.25. The molecule has 2 aromatic rings. The van der Waals surface area contributed by atoms with Crippen LogP contribution in [-0.2, 0) is 11.2 Å². The second-order valence-corrected chi connectivity index (χ2v) is 6.25. The van der Waals surface area contributed by atoms with Crippen molar-refractivity contribution in [1.29, 1.82) is 0 Å². The number of likely N-dealkylation sites (tertiary alicyclic amines) is 1. The molecule has 1 aliphatic heterocycles. The molecule has 0 radical (unpaired) electrons. The summed E-state index contributed by atoms with van der Waals surface area (Å²) in [5.41, 5.74) is 1.58. The van der Waals surface area contributed by atoms with Crippen molar-refractivity contribution in [1.82, 2.24) is 4.90 Å². The molecular weight excluding hydrogens is 316 g/mol. The van der Waals surface area contributed by atoms with E-state index in [2.05, 4.69) is 5.32 Å². The Morgan fingerprint density at radius 3 is 2.40 bits per heavy atom. The SMILES string of the molecule is O=C(Cc1ccccc1O)Nc1ccccc1C(=O)N1CCCCC1. The van der Waals surface area contributed by atoms with Gasteiger partial charge in [-0.25, -0.2) is 0 Å². The summed E-state index contributed by atoms with van der Waals surface area (Å²) in [7, 11) is 0. The van der Waals surface area contributed by atoms with Gasteiger partial charge in [-0.15, -0.1) is 0 Å². The van der Waals surface area contributed by atoms with Gasteiger partial charge in [0.1, 0.15) is 5.75 Å². The first-order chi connectivity index (χ1) is 12.1. The van der Waals surface area contributed by atoms with Crippen LogP contribution in [0.5, 0.6) is 5.75 Å². The lowest BCUT2D eigenvalue weighted by Gasteiger charge is -2.27. The van der Waals surface area contributed by atoms with Gasteiger partial charge in [0.2, 0.25) is 5.91 Å². The Kier molecular flexibility index (Phi) is 5.33. The molecule has 2 aromatic carbocycles. The molecule has 5 heteroatoms. The molecule has 25 heavy (non-hydrogen) atoms. The lowest BCUT2D eigenvalue weighted by Crippen LogP contribution is -2.36. The van der Waals surface area contributed by atoms with E-state index in [1.54, 1.807) is 48.5 Å². The standard InChI is InChI=1S/C20H22N2O3/c23-18-11-5-2-8-15(18)14-19(24)21-17-10-4-3-9-16(17)20(25)22-12-6-1-7-13-22/h2-5,8-11,23H,1,6-7,12-14H2,(H,21,24). The van der Waals surface area contributed by atoms with Gasteiger partial charge in [0.05, 0.1) is 17.7 Å². The zero-order valence-corrected chi connectivity index (χ0v) is 14.1. The predicted molar refractivity (Wildman–Crippen MR) is 96.6 cm³/mol. The van der Waals surface area contributed by atoms with Gasteiger partial charge in [-0.1, -0.05) is 30.3 Å². The number of hydrogen-bond donors (Lipinski definition) is 2. The molecule has 0 atom stereocenters. The Morgan fingerprint density at radius 1 is 0.960 bits per heavy atom. The highest BCUT2D eigenvalue weighted by Crippen LogP contribution is 2.21. The van der Waals surface area contributed by atoms with Crippen LogP contribution < -0.4 is 5.32 Å². The lowest BCUT2D eigenvalue weighted by atomic mass is 10.1. The number of carbonyl (C=O) groups excluding carboxylic acids is 2. The summed E-state index contributed by atoms with van der Waals surface area (Å²) in [6.45, 7) is 1.53. The Morgan fingerprint density at radius 2 is 1.64 bits per heavy atom. The molecule has 3 rings (SSSR count). The van der Waals surface area contributed by atoms with E-state index in [0.29, 0.717) is 16.8 Å². The summed E-state index contributed by atoms with van der Waals surface area (Å²) in [6, 6.07) is 13.8. The molecule has 1 fully saturated rings. The quantitative estimate of drug-likeness (QED) is 0.899. The molecule has 130 valence electrons. The third-order valence-corrected chi connectivity index (χ3v) is 4.42. The number of hydrogen-bond acceptors (Lipinski definition) is 3. The Labute approximate surface area is 147 Å². The van der Waals surface area contributed by atoms with Crippen LogP contribution >= 0.6 is 0 Å². The van der Waals surface area contributed by atoms with Gasteiger partial charge in [0, 0.05) is 18.7 Å². The van der Waals surface area contributed by atoms with Crippen LogP contribution in [0.2, 0.25) is 0 Å². The molecule has 0 bridgehead atoms. The van der Waals surface area contributed by atoms with E-state index in [1.165, 1.54) is 0 Å². The molecule has 5 nitrogen and oxygen atoms in total. The summed E-state index contributed by atoms with van der Waals surface area (Å²) in [4.78, 5) is 26.9. The number of benzene rings is 2. The number of phenolic OH excluding ortho intramolecular Hbond substituents is 1. The van der Waals surface area contributed by atoms with Crippen LogP contribution in [0.1, 0.15) is 35.2 Å². The van der Waals surface area contributed by atoms with Crippen LogP contribution in [-0.4, -0.2) is 34.9 Å². The fourth-order valence-corrected chi connectivity index (χ4v) is 3.07. The van der Waals surface area contributed by atoms with Crippen molar-refractivity contribution in [2.24, 2.45) is 0 Å². The van der Waals surface area contributed by atoms with Crippen LogP contribution in [0, 0.1) is 0 Å². The van der Waals surface area contributed by atoms with Crippen molar-refractivity contribution >= 4 is 17.5 Å². The first-order valence-corrected chi connectivity index (χ1v) is 8.60. The van der Waals surface area contributed by atoms with Crippen molar-refractivity contribution in [3.05, 3.63) is 59.7 Å². The number of anilines is 1. The first-order valence-electron chi connectivity index (χ1n) is 8.60. The third-order valence-electron chi connectivity index (χ3n) is 4.42. The van der Waals surface area contributed by atoms with Crippen LogP contribution in [0.4, 0.5) is 5.69 Å². The van der Waals surface area contributed by atoms with Crippen molar-refractivity contribution in [3.8, 4) is 5.75 Å². The second kappa shape index (κ2) is 7.83. The van der Waals surface area contributed by atoms with Crippen LogP contribution in [0.15, 0.2) is 48.5 Å². The number of carbonyl (C=O) groups is 2. The van der Waals surface area contributed by atoms with Gasteiger partial charge >= 0.3 is 0 Å². The lowest BCUT2D eigenvalue weighted by molar-refractivity contribution is -0.115. The monoisotopic (exact) mass is 338 g/mol. The molecule has 2 amide bonds. The van der Waals surface area contributed by atoms with E-state index in [-0.39, 0.29) is 24.0 Å². The number of nitrogens with zero attached hydrogens (tertiary/aromatic N) is 1. The fourth-order valence-electron chi connectivity index (χ4n) is 3.07. The molecular formula is C20H22N2O3. The summed E-state index contributed by atoms with van der Waals surface area (Å²) in [5.74, 6) is -0.214. The van der Waals surface area contributed by atoms with E-state index in [9.17, 15) is 14.7 Å². The molecule has 0 aromatic heterocycles. The highest BCUT2D eigenvalue weighted by molar-refractivity contribution is 6.04. The number of aromatic hydroxyl groups is 1. The molecule has 0 unspecified atom stereocenters. The Bertz CT molecular complexity index is 767. The third kappa shape index (κ3) is 4.18. The first kappa shape index (κ1) is 17.0. The number of piperidine rings is 1. The van der Waals surface area contributed by atoms with Crippen LogP contribution in [0.25, 0.3) is 0 Å². The summed E-state index contributed by atoms with van der Waals surface area (Å²) < 4.78 is 0.